The highest BCUT2D eigenvalue weighted by Gasteiger charge is 2.22. The topological polar surface area (TPSA) is 62.3 Å². The van der Waals surface area contributed by atoms with Gasteiger partial charge in [0.05, 0.1) is 5.69 Å². The Morgan fingerprint density at radius 2 is 2.03 bits per heavy atom. The number of aromatic nitrogens is 1. The number of anilines is 1. The van der Waals surface area contributed by atoms with E-state index in [9.17, 15) is 14.0 Å². The third-order valence-corrected chi connectivity index (χ3v) is 6.05. The normalized spacial score (nSPS) is 13.7. The van der Waals surface area contributed by atoms with Gasteiger partial charge >= 0.3 is 0 Å². The first-order valence-electron chi connectivity index (χ1n) is 9.42. The predicted octanol–water partition coefficient (Wildman–Crippen LogP) is 4.31. The molecule has 0 bridgehead atoms. The zero-order chi connectivity index (χ0) is 20.4. The highest BCUT2D eigenvalue weighted by atomic mass is 32.1. The number of aryl methyl sites for hydroxylation is 1. The zero-order valence-corrected chi connectivity index (χ0v) is 16.8. The van der Waals surface area contributed by atoms with Gasteiger partial charge in [0.2, 0.25) is 5.91 Å². The molecule has 0 spiro atoms. The molecule has 2 aromatic carbocycles. The standard InChI is InChI=1S/C22H20FN3O2S/c1-14-20(29-22(25-14)16-7-9-17(23)10-8-16)21(28)24-13-15-4-2-5-18(12-15)26-11-3-6-19(26)27/h2,4-5,7-10,12H,3,6,11,13H2,1H3,(H,24,28). The third kappa shape index (κ3) is 4.19. The Morgan fingerprint density at radius 1 is 1.24 bits per heavy atom. The number of carbonyl (C=O) groups is 2. The lowest BCUT2D eigenvalue weighted by Gasteiger charge is -2.16. The first kappa shape index (κ1) is 19.3. The summed E-state index contributed by atoms with van der Waals surface area (Å²) in [6, 6.07) is 13.7. The van der Waals surface area contributed by atoms with Crippen LogP contribution in [0.5, 0.6) is 0 Å². The highest BCUT2D eigenvalue weighted by molar-refractivity contribution is 7.17. The van der Waals surface area contributed by atoms with Crippen molar-refractivity contribution in [2.75, 3.05) is 11.4 Å². The molecule has 148 valence electrons. The van der Waals surface area contributed by atoms with E-state index in [4.69, 9.17) is 0 Å². The molecular weight excluding hydrogens is 389 g/mol. The molecule has 0 radical (unpaired) electrons. The Morgan fingerprint density at radius 3 is 2.76 bits per heavy atom. The molecule has 29 heavy (non-hydrogen) atoms. The summed E-state index contributed by atoms with van der Waals surface area (Å²) in [5.74, 6) is -0.367. The molecule has 1 aromatic heterocycles. The van der Waals surface area contributed by atoms with Crippen LogP contribution in [-0.2, 0) is 11.3 Å². The van der Waals surface area contributed by atoms with Crippen LogP contribution < -0.4 is 10.2 Å². The number of thiazole rings is 1. The van der Waals surface area contributed by atoms with E-state index in [2.05, 4.69) is 10.3 Å². The Balaban J connectivity index is 1.45. The van der Waals surface area contributed by atoms with E-state index in [0.29, 0.717) is 28.5 Å². The van der Waals surface area contributed by atoms with Gasteiger partial charge in [0.25, 0.3) is 5.91 Å². The van der Waals surface area contributed by atoms with Crippen LogP contribution in [0.3, 0.4) is 0 Å². The molecule has 0 unspecified atom stereocenters. The monoisotopic (exact) mass is 409 g/mol. The minimum atomic E-state index is -0.308. The molecule has 2 amide bonds. The molecule has 1 aliphatic heterocycles. The van der Waals surface area contributed by atoms with Gasteiger partial charge in [-0.05, 0) is 55.3 Å². The second-order valence-corrected chi connectivity index (χ2v) is 7.94. The molecule has 1 fully saturated rings. The van der Waals surface area contributed by atoms with Crippen molar-refractivity contribution >= 4 is 28.8 Å². The Hall–Kier alpha value is -3.06. The van der Waals surface area contributed by atoms with Crippen molar-refractivity contribution in [2.45, 2.75) is 26.3 Å². The summed E-state index contributed by atoms with van der Waals surface area (Å²) in [5, 5.41) is 3.61. The SMILES string of the molecule is Cc1nc(-c2ccc(F)cc2)sc1C(=O)NCc1cccc(N2CCCC2=O)c1. The van der Waals surface area contributed by atoms with Crippen LogP contribution >= 0.6 is 11.3 Å². The fourth-order valence-electron chi connectivity index (χ4n) is 3.34. The van der Waals surface area contributed by atoms with E-state index in [1.807, 2.05) is 24.3 Å². The second kappa shape index (κ2) is 8.13. The number of amides is 2. The summed E-state index contributed by atoms with van der Waals surface area (Å²) in [5.41, 5.74) is 3.22. The Kier molecular flexibility index (Phi) is 5.40. The van der Waals surface area contributed by atoms with Gasteiger partial charge in [-0.2, -0.15) is 0 Å². The summed E-state index contributed by atoms with van der Waals surface area (Å²) < 4.78 is 13.1. The van der Waals surface area contributed by atoms with Crippen LogP contribution in [0.4, 0.5) is 10.1 Å². The maximum absolute atomic E-state index is 13.1. The van der Waals surface area contributed by atoms with E-state index in [-0.39, 0.29) is 17.6 Å². The maximum Gasteiger partial charge on any atom is 0.263 e. The average molecular weight is 409 g/mol. The minimum Gasteiger partial charge on any atom is -0.347 e. The number of nitrogens with one attached hydrogen (secondary N) is 1. The van der Waals surface area contributed by atoms with E-state index >= 15 is 0 Å². The lowest BCUT2D eigenvalue weighted by Crippen LogP contribution is -2.25. The average Bonchev–Trinajstić information content (AvgIpc) is 3.32. The molecule has 3 aromatic rings. The maximum atomic E-state index is 13.1. The minimum absolute atomic E-state index is 0.139. The predicted molar refractivity (Wildman–Crippen MR) is 111 cm³/mol. The molecule has 1 aliphatic rings. The van der Waals surface area contributed by atoms with Crippen LogP contribution in [-0.4, -0.2) is 23.3 Å². The second-order valence-electron chi connectivity index (χ2n) is 6.94. The number of carbonyl (C=O) groups excluding carboxylic acids is 2. The van der Waals surface area contributed by atoms with Crippen LogP contribution in [0, 0.1) is 12.7 Å². The molecular formula is C22H20FN3O2S. The number of rotatable bonds is 5. The molecule has 5 nitrogen and oxygen atoms in total. The molecule has 2 heterocycles. The fourth-order valence-corrected chi connectivity index (χ4v) is 4.33. The van der Waals surface area contributed by atoms with Crippen molar-refractivity contribution in [1.29, 1.82) is 0 Å². The number of hydrogen-bond donors (Lipinski definition) is 1. The van der Waals surface area contributed by atoms with Crippen molar-refractivity contribution in [3.05, 3.63) is 70.5 Å². The van der Waals surface area contributed by atoms with Crippen LogP contribution in [0.1, 0.15) is 33.8 Å². The summed E-state index contributed by atoms with van der Waals surface area (Å²) in [4.78, 5) is 31.4. The van der Waals surface area contributed by atoms with Crippen molar-refractivity contribution in [3.8, 4) is 10.6 Å². The van der Waals surface area contributed by atoms with Crippen molar-refractivity contribution in [3.63, 3.8) is 0 Å². The first-order valence-corrected chi connectivity index (χ1v) is 10.2. The Bertz CT molecular complexity index is 1060. The van der Waals surface area contributed by atoms with Crippen molar-refractivity contribution < 1.29 is 14.0 Å². The van der Waals surface area contributed by atoms with Gasteiger partial charge in [-0.3, -0.25) is 9.59 Å². The zero-order valence-electron chi connectivity index (χ0n) is 15.9. The number of nitrogens with zero attached hydrogens (tertiary/aromatic N) is 2. The van der Waals surface area contributed by atoms with E-state index in [1.165, 1.54) is 23.5 Å². The first-order chi connectivity index (χ1) is 14.0. The number of benzene rings is 2. The summed E-state index contributed by atoms with van der Waals surface area (Å²) in [6.07, 6.45) is 1.46. The van der Waals surface area contributed by atoms with Crippen molar-refractivity contribution in [1.82, 2.24) is 10.3 Å². The summed E-state index contributed by atoms with van der Waals surface area (Å²) in [7, 11) is 0. The smallest absolute Gasteiger partial charge is 0.263 e. The molecule has 4 rings (SSSR count). The molecule has 0 saturated carbocycles. The van der Waals surface area contributed by atoms with E-state index < -0.39 is 0 Å². The largest absolute Gasteiger partial charge is 0.347 e. The molecule has 0 atom stereocenters. The third-order valence-electron chi connectivity index (χ3n) is 4.84. The number of hydrogen-bond acceptors (Lipinski definition) is 4. The van der Waals surface area contributed by atoms with Gasteiger partial charge in [0.1, 0.15) is 15.7 Å². The van der Waals surface area contributed by atoms with E-state index in [1.54, 1.807) is 24.0 Å². The summed E-state index contributed by atoms with van der Waals surface area (Å²) >= 11 is 1.29. The van der Waals surface area contributed by atoms with E-state index in [0.717, 1.165) is 29.8 Å². The van der Waals surface area contributed by atoms with Crippen LogP contribution in [0.15, 0.2) is 48.5 Å². The Labute approximate surface area is 172 Å². The van der Waals surface area contributed by atoms with Crippen molar-refractivity contribution in [2.24, 2.45) is 0 Å². The van der Waals surface area contributed by atoms with Crippen LogP contribution in [0.2, 0.25) is 0 Å². The fraction of sp³-hybridized carbons (Fsp3) is 0.227. The van der Waals surface area contributed by atoms with Gasteiger partial charge in [0.15, 0.2) is 0 Å². The van der Waals surface area contributed by atoms with Gasteiger partial charge in [-0.15, -0.1) is 11.3 Å². The highest BCUT2D eigenvalue weighted by Crippen LogP contribution is 2.28. The molecule has 0 aliphatic carbocycles. The number of halogens is 1. The van der Waals surface area contributed by atoms with Gasteiger partial charge in [-0.25, -0.2) is 9.37 Å². The lowest BCUT2D eigenvalue weighted by molar-refractivity contribution is -0.117. The van der Waals surface area contributed by atoms with Gasteiger partial charge in [0, 0.05) is 30.8 Å². The molecule has 7 heteroatoms. The van der Waals surface area contributed by atoms with Crippen LogP contribution in [0.25, 0.3) is 10.6 Å². The molecule has 1 N–H and O–H groups in total. The lowest BCUT2D eigenvalue weighted by atomic mass is 10.2. The molecule has 1 saturated heterocycles. The quantitative estimate of drug-likeness (QED) is 0.683. The van der Waals surface area contributed by atoms with Gasteiger partial charge < -0.3 is 10.2 Å². The summed E-state index contributed by atoms with van der Waals surface area (Å²) in [6.45, 7) is 2.89. The van der Waals surface area contributed by atoms with Gasteiger partial charge in [-0.1, -0.05) is 12.1 Å².